The second-order valence-electron chi connectivity index (χ2n) is 7.22. The van der Waals surface area contributed by atoms with Gasteiger partial charge in [0.2, 0.25) is 5.60 Å². The van der Waals surface area contributed by atoms with Gasteiger partial charge in [-0.05, 0) is 55.5 Å². The Morgan fingerprint density at radius 2 is 1.81 bits per heavy atom. The predicted molar refractivity (Wildman–Crippen MR) is 102 cm³/mol. The summed E-state index contributed by atoms with van der Waals surface area (Å²) in [5.74, 6) is -1.47. The normalized spacial score (nSPS) is 14.4. The van der Waals surface area contributed by atoms with Gasteiger partial charge in [0.25, 0.3) is 0 Å². The molecule has 146 valence electrons. The van der Waals surface area contributed by atoms with Crippen LogP contribution in [0.2, 0.25) is 0 Å². The van der Waals surface area contributed by atoms with E-state index in [9.17, 15) is 18.7 Å². The van der Waals surface area contributed by atoms with E-state index >= 15 is 0 Å². The number of rotatable bonds is 9. The molecule has 0 aliphatic rings. The van der Waals surface area contributed by atoms with E-state index in [4.69, 9.17) is 4.74 Å². The van der Waals surface area contributed by atoms with Crippen LogP contribution < -0.4 is 4.74 Å². The molecular weight excluding hydrogens is 350 g/mol. The Hall–Kier alpha value is -2.43. The lowest BCUT2D eigenvalue weighted by Gasteiger charge is -2.27. The van der Waals surface area contributed by atoms with Crippen LogP contribution in [0.3, 0.4) is 0 Å². The van der Waals surface area contributed by atoms with Crippen molar-refractivity contribution in [3.63, 3.8) is 0 Å². The minimum atomic E-state index is -1.33. The number of halogens is 2. The molecule has 0 fully saturated rings. The first kappa shape index (κ1) is 20.9. The average Bonchev–Trinajstić information content (AvgIpc) is 2.61. The van der Waals surface area contributed by atoms with Crippen molar-refractivity contribution in [3.8, 4) is 16.9 Å². The van der Waals surface area contributed by atoms with Crippen molar-refractivity contribution in [2.24, 2.45) is 5.92 Å². The zero-order valence-electron chi connectivity index (χ0n) is 16.0. The number of ether oxygens (including phenoxy) is 1. The van der Waals surface area contributed by atoms with E-state index in [1.165, 1.54) is 12.1 Å². The van der Waals surface area contributed by atoms with Crippen molar-refractivity contribution in [3.05, 3.63) is 54.1 Å². The molecule has 0 saturated carbocycles. The molecule has 5 heteroatoms. The maximum atomic E-state index is 13.9. The Bertz CT molecular complexity index is 774. The number of aliphatic carboxylic acids is 1. The van der Waals surface area contributed by atoms with E-state index in [1.54, 1.807) is 31.2 Å². The largest absolute Gasteiger partial charge is 0.478 e. The summed E-state index contributed by atoms with van der Waals surface area (Å²) in [6.07, 6.45) is 3.27. The lowest BCUT2D eigenvalue weighted by molar-refractivity contribution is -0.154. The number of carboxylic acid groups (broad SMARTS) is 1. The Morgan fingerprint density at radius 1 is 1.15 bits per heavy atom. The van der Waals surface area contributed by atoms with Gasteiger partial charge in [0.1, 0.15) is 17.4 Å². The molecule has 0 spiro atoms. The van der Waals surface area contributed by atoms with Crippen molar-refractivity contribution >= 4 is 5.97 Å². The molecule has 0 bridgehead atoms. The monoisotopic (exact) mass is 376 g/mol. The predicted octanol–water partition coefficient (Wildman–Crippen LogP) is 6.07. The third-order valence-corrected chi connectivity index (χ3v) is 4.79. The quantitative estimate of drug-likeness (QED) is 0.578. The third-order valence-electron chi connectivity index (χ3n) is 4.79. The summed E-state index contributed by atoms with van der Waals surface area (Å²) in [5, 5.41) is 9.62. The standard InChI is InChI=1S/C22H26F2O3/c1-4-5-15(2)12-13-22(3,21(25)26)27-18-9-6-16(7-10-18)19-11-8-17(23)14-20(19)24/h6-11,14-15H,4-5,12-13H2,1-3H3,(H,25,26). The SMILES string of the molecule is CCCC(C)CCC(C)(Oc1ccc(-c2ccc(F)cc2F)cc1)C(=O)O. The van der Waals surface area contributed by atoms with Crippen molar-refractivity contribution in [2.75, 3.05) is 0 Å². The summed E-state index contributed by atoms with van der Waals surface area (Å²) >= 11 is 0. The van der Waals surface area contributed by atoms with Crippen molar-refractivity contribution in [2.45, 2.75) is 52.1 Å². The van der Waals surface area contributed by atoms with Crippen LogP contribution in [-0.2, 0) is 4.79 Å². The van der Waals surface area contributed by atoms with Crippen molar-refractivity contribution < 1.29 is 23.4 Å². The first-order valence-electron chi connectivity index (χ1n) is 9.23. The smallest absolute Gasteiger partial charge is 0.347 e. The molecule has 3 nitrogen and oxygen atoms in total. The van der Waals surface area contributed by atoms with Gasteiger partial charge in [-0.15, -0.1) is 0 Å². The molecule has 2 aromatic rings. The molecule has 0 radical (unpaired) electrons. The fourth-order valence-corrected chi connectivity index (χ4v) is 3.05. The van der Waals surface area contributed by atoms with E-state index in [0.29, 0.717) is 23.7 Å². The zero-order chi connectivity index (χ0) is 20.0. The van der Waals surface area contributed by atoms with Gasteiger partial charge in [-0.3, -0.25) is 0 Å². The van der Waals surface area contributed by atoms with E-state index in [-0.39, 0.29) is 5.56 Å². The molecule has 2 atom stereocenters. The number of benzene rings is 2. The van der Waals surface area contributed by atoms with Crippen LogP contribution in [-0.4, -0.2) is 16.7 Å². The van der Waals surface area contributed by atoms with E-state index in [0.717, 1.165) is 25.3 Å². The van der Waals surface area contributed by atoms with E-state index in [2.05, 4.69) is 13.8 Å². The van der Waals surface area contributed by atoms with Crippen molar-refractivity contribution in [1.82, 2.24) is 0 Å². The first-order chi connectivity index (χ1) is 12.7. The van der Waals surface area contributed by atoms with Crippen LogP contribution in [0.5, 0.6) is 5.75 Å². The first-order valence-corrected chi connectivity index (χ1v) is 9.23. The van der Waals surface area contributed by atoms with Gasteiger partial charge in [-0.1, -0.05) is 38.8 Å². The van der Waals surface area contributed by atoms with Gasteiger partial charge in [0.15, 0.2) is 0 Å². The zero-order valence-corrected chi connectivity index (χ0v) is 16.0. The Labute approximate surface area is 159 Å². The van der Waals surface area contributed by atoms with Crippen LogP contribution >= 0.6 is 0 Å². The molecule has 27 heavy (non-hydrogen) atoms. The van der Waals surface area contributed by atoms with Crippen LogP contribution in [0, 0.1) is 17.6 Å². The minimum Gasteiger partial charge on any atom is -0.478 e. The molecule has 0 amide bonds. The highest BCUT2D eigenvalue weighted by Gasteiger charge is 2.35. The second-order valence-corrected chi connectivity index (χ2v) is 7.22. The van der Waals surface area contributed by atoms with Crippen LogP contribution in [0.15, 0.2) is 42.5 Å². The summed E-state index contributed by atoms with van der Waals surface area (Å²) in [5.41, 5.74) is -0.490. The van der Waals surface area contributed by atoms with Gasteiger partial charge in [-0.2, -0.15) is 0 Å². The lowest BCUT2D eigenvalue weighted by Crippen LogP contribution is -2.41. The second kappa shape index (κ2) is 8.98. The number of hydrogen-bond acceptors (Lipinski definition) is 2. The minimum absolute atomic E-state index is 0.275. The maximum Gasteiger partial charge on any atom is 0.347 e. The highest BCUT2D eigenvalue weighted by Crippen LogP contribution is 2.29. The highest BCUT2D eigenvalue weighted by molar-refractivity contribution is 5.77. The third kappa shape index (κ3) is 5.52. The molecule has 2 rings (SSSR count). The average molecular weight is 376 g/mol. The Morgan fingerprint density at radius 3 is 2.37 bits per heavy atom. The number of carbonyl (C=O) groups is 1. The molecule has 0 aliphatic heterocycles. The summed E-state index contributed by atoms with van der Waals surface area (Å²) in [4.78, 5) is 11.8. The molecule has 2 unspecified atom stereocenters. The Kier molecular flexibility index (Phi) is 6.94. The van der Waals surface area contributed by atoms with Gasteiger partial charge in [0, 0.05) is 11.6 Å². The number of hydrogen-bond donors (Lipinski definition) is 1. The van der Waals surface area contributed by atoms with Gasteiger partial charge >= 0.3 is 5.97 Å². The van der Waals surface area contributed by atoms with Crippen molar-refractivity contribution in [1.29, 1.82) is 0 Å². The molecule has 2 aromatic carbocycles. The van der Waals surface area contributed by atoms with Crippen LogP contribution in [0.4, 0.5) is 8.78 Å². The molecular formula is C22H26F2O3. The molecule has 1 N–H and O–H groups in total. The van der Waals surface area contributed by atoms with Crippen LogP contribution in [0.25, 0.3) is 11.1 Å². The van der Waals surface area contributed by atoms with Gasteiger partial charge in [0.05, 0.1) is 0 Å². The topological polar surface area (TPSA) is 46.5 Å². The molecule has 0 aliphatic carbocycles. The van der Waals surface area contributed by atoms with E-state index < -0.39 is 23.2 Å². The molecule has 0 saturated heterocycles. The Balaban J connectivity index is 2.13. The lowest BCUT2D eigenvalue weighted by atomic mass is 9.92. The summed E-state index contributed by atoms with van der Waals surface area (Å²) in [7, 11) is 0. The number of carboxylic acids is 1. The fraction of sp³-hybridized carbons (Fsp3) is 0.409. The van der Waals surface area contributed by atoms with E-state index in [1.807, 2.05) is 0 Å². The maximum absolute atomic E-state index is 13.9. The van der Waals surface area contributed by atoms with Gasteiger partial charge in [-0.25, -0.2) is 13.6 Å². The van der Waals surface area contributed by atoms with Gasteiger partial charge < -0.3 is 9.84 Å². The fourth-order valence-electron chi connectivity index (χ4n) is 3.05. The summed E-state index contributed by atoms with van der Waals surface area (Å²) < 4.78 is 32.7. The summed E-state index contributed by atoms with van der Waals surface area (Å²) in [6.45, 7) is 5.79. The highest BCUT2D eigenvalue weighted by atomic mass is 19.1. The summed E-state index contributed by atoms with van der Waals surface area (Å²) in [6, 6.07) is 9.88. The van der Waals surface area contributed by atoms with Crippen LogP contribution in [0.1, 0.15) is 46.5 Å². The molecule has 0 aromatic heterocycles. The molecule has 0 heterocycles.